The molecular formula is C23H34N6O. The number of phenols is 1. The van der Waals surface area contributed by atoms with Crippen molar-refractivity contribution in [3.8, 4) is 16.9 Å². The maximum Gasteiger partial charge on any atom is 0.125 e. The number of aromatic nitrogens is 2. The van der Waals surface area contributed by atoms with Crippen LogP contribution in [0.15, 0.2) is 53.3 Å². The molecule has 1 aliphatic rings. The van der Waals surface area contributed by atoms with Crippen molar-refractivity contribution < 1.29 is 5.11 Å². The quantitative estimate of drug-likeness (QED) is 0.298. The summed E-state index contributed by atoms with van der Waals surface area (Å²) in [6, 6.07) is 5.96. The summed E-state index contributed by atoms with van der Waals surface area (Å²) in [7, 11) is 2.15. The first-order valence-corrected chi connectivity index (χ1v) is 10.4. The Labute approximate surface area is 179 Å². The fourth-order valence-corrected chi connectivity index (χ4v) is 3.27. The fourth-order valence-electron chi connectivity index (χ4n) is 3.27. The van der Waals surface area contributed by atoms with Crippen molar-refractivity contribution >= 4 is 11.5 Å². The topological polar surface area (TPSA) is 88.9 Å². The highest BCUT2D eigenvalue weighted by molar-refractivity contribution is 6.03. The van der Waals surface area contributed by atoms with Gasteiger partial charge in [-0.25, -0.2) is 0 Å². The molecule has 0 atom stereocenters. The highest BCUT2D eigenvalue weighted by atomic mass is 16.3. The number of hydrogen-bond acceptors (Lipinski definition) is 5. The number of aromatic amines is 1. The summed E-state index contributed by atoms with van der Waals surface area (Å²) in [6.45, 7) is 11.4. The summed E-state index contributed by atoms with van der Waals surface area (Å²) >= 11 is 0. The van der Waals surface area contributed by atoms with Gasteiger partial charge in [-0.3, -0.25) is 15.5 Å². The minimum atomic E-state index is 0.209. The van der Waals surface area contributed by atoms with Crippen molar-refractivity contribution in [2.45, 2.75) is 46.1 Å². The predicted octanol–water partition coefficient (Wildman–Crippen LogP) is 4.19. The van der Waals surface area contributed by atoms with Crippen LogP contribution in [0.5, 0.6) is 5.75 Å². The Hall–Kier alpha value is -2.93. The van der Waals surface area contributed by atoms with E-state index in [2.05, 4.69) is 39.3 Å². The minimum absolute atomic E-state index is 0.209. The molecule has 1 aromatic carbocycles. The van der Waals surface area contributed by atoms with Crippen LogP contribution in [-0.4, -0.2) is 57.9 Å². The van der Waals surface area contributed by atoms with Gasteiger partial charge < -0.3 is 10.0 Å². The van der Waals surface area contributed by atoms with Crippen LogP contribution in [0.25, 0.3) is 11.1 Å². The van der Waals surface area contributed by atoms with Crippen LogP contribution >= 0.6 is 0 Å². The van der Waals surface area contributed by atoms with E-state index in [-0.39, 0.29) is 5.75 Å². The molecule has 7 heteroatoms. The van der Waals surface area contributed by atoms with Gasteiger partial charge in [-0.2, -0.15) is 10.2 Å². The van der Waals surface area contributed by atoms with E-state index in [9.17, 15) is 5.11 Å². The largest absolute Gasteiger partial charge is 0.507 e. The van der Waals surface area contributed by atoms with Crippen molar-refractivity contribution in [3.63, 3.8) is 0 Å². The Morgan fingerprint density at radius 2 is 2.07 bits per heavy atom. The molecule has 3 N–H and O–H groups in total. The number of likely N-dealkylation sites (tertiary alicyclic amines) is 1. The molecule has 2 aromatic rings. The van der Waals surface area contributed by atoms with Crippen molar-refractivity contribution in [1.29, 1.82) is 0 Å². The maximum atomic E-state index is 10.5. The van der Waals surface area contributed by atoms with Crippen LogP contribution in [0, 0.1) is 0 Å². The van der Waals surface area contributed by atoms with E-state index in [1.165, 1.54) is 0 Å². The first kappa shape index (κ1) is 23.3. The van der Waals surface area contributed by atoms with Gasteiger partial charge in [0.25, 0.3) is 0 Å². The third-order valence-electron chi connectivity index (χ3n) is 4.89. The molecule has 1 saturated heterocycles. The van der Waals surface area contributed by atoms with Gasteiger partial charge in [0.05, 0.1) is 18.0 Å². The van der Waals surface area contributed by atoms with Crippen molar-refractivity contribution in [2.75, 3.05) is 20.1 Å². The van der Waals surface area contributed by atoms with E-state index in [0.717, 1.165) is 54.2 Å². The molecule has 1 aromatic heterocycles. The fraction of sp³-hybridized carbons (Fsp3) is 0.435. The van der Waals surface area contributed by atoms with Crippen molar-refractivity contribution in [2.24, 2.45) is 10.1 Å². The monoisotopic (exact) mass is 410 g/mol. The summed E-state index contributed by atoms with van der Waals surface area (Å²) in [5, 5.41) is 21.7. The average molecular weight is 411 g/mol. The summed E-state index contributed by atoms with van der Waals surface area (Å²) in [6.07, 6.45) is 8.14. The Balaban J connectivity index is 0.00000101. The molecule has 30 heavy (non-hydrogen) atoms. The van der Waals surface area contributed by atoms with Crippen LogP contribution in [-0.2, 0) is 0 Å². The van der Waals surface area contributed by atoms with Gasteiger partial charge in [-0.1, -0.05) is 19.1 Å². The predicted molar refractivity (Wildman–Crippen MR) is 125 cm³/mol. The molecule has 2 heterocycles. The lowest BCUT2D eigenvalue weighted by Gasteiger charge is -2.26. The smallest absolute Gasteiger partial charge is 0.125 e. The standard InChI is InChI=1S/C20H28N6O.C3H6/c1-4-19(25-24-14(2)23-17-7-9-26(3)10-8-17)18-6-5-15(11-20(18)27)16-12-21-22-13-16;1-3-2/h5-6,11-13,17,27H,4,7-10H2,1-3H3,(H,21,22)(H,23,24);3H,1H2,2H3/b25-19+;. The summed E-state index contributed by atoms with van der Waals surface area (Å²) < 4.78 is 0. The van der Waals surface area contributed by atoms with E-state index >= 15 is 0 Å². The van der Waals surface area contributed by atoms with Crippen LogP contribution in [0.3, 0.4) is 0 Å². The summed E-state index contributed by atoms with van der Waals surface area (Å²) in [4.78, 5) is 7.07. The Morgan fingerprint density at radius 1 is 1.37 bits per heavy atom. The second-order valence-corrected chi connectivity index (χ2v) is 7.40. The molecule has 3 rings (SSSR count). The van der Waals surface area contributed by atoms with Gasteiger partial charge in [-0.15, -0.1) is 6.58 Å². The second kappa shape index (κ2) is 11.9. The number of aromatic hydroxyl groups is 1. The number of amidine groups is 1. The first-order chi connectivity index (χ1) is 14.5. The highest BCUT2D eigenvalue weighted by Gasteiger charge is 2.15. The van der Waals surface area contributed by atoms with Crippen molar-refractivity contribution in [1.82, 2.24) is 20.5 Å². The number of hydrazone groups is 1. The first-order valence-electron chi connectivity index (χ1n) is 10.4. The molecule has 0 spiro atoms. The van der Waals surface area contributed by atoms with E-state index < -0.39 is 0 Å². The number of phenolic OH excluding ortho intramolecular Hbond substituents is 1. The zero-order valence-electron chi connectivity index (χ0n) is 18.5. The number of rotatable bonds is 5. The van der Waals surface area contributed by atoms with Crippen LogP contribution in [0.2, 0.25) is 0 Å². The Morgan fingerprint density at radius 3 is 2.63 bits per heavy atom. The molecule has 0 saturated carbocycles. The molecule has 1 aliphatic heterocycles. The second-order valence-electron chi connectivity index (χ2n) is 7.40. The van der Waals surface area contributed by atoms with Gasteiger partial charge in [0.2, 0.25) is 0 Å². The van der Waals surface area contributed by atoms with Crippen LogP contribution in [0.1, 0.15) is 45.6 Å². The molecule has 0 unspecified atom stereocenters. The molecule has 1 fully saturated rings. The van der Waals surface area contributed by atoms with Gasteiger partial charge in [0, 0.05) is 17.3 Å². The Bertz CT molecular complexity index is 849. The molecule has 0 aliphatic carbocycles. The number of hydrogen-bond donors (Lipinski definition) is 3. The lowest BCUT2D eigenvalue weighted by atomic mass is 10.0. The zero-order chi connectivity index (χ0) is 21.9. The third kappa shape index (κ3) is 6.84. The van der Waals surface area contributed by atoms with E-state index in [0.29, 0.717) is 12.5 Å². The third-order valence-corrected chi connectivity index (χ3v) is 4.89. The lowest BCUT2D eigenvalue weighted by molar-refractivity contribution is 0.257. The van der Waals surface area contributed by atoms with E-state index in [1.807, 2.05) is 32.9 Å². The summed E-state index contributed by atoms with van der Waals surface area (Å²) in [5.41, 5.74) is 6.43. The van der Waals surface area contributed by atoms with E-state index in [4.69, 9.17) is 4.99 Å². The molecule has 0 amide bonds. The normalized spacial score (nSPS) is 16.0. The number of nitrogens with one attached hydrogen (secondary N) is 2. The number of nitrogens with zero attached hydrogens (tertiary/aromatic N) is 4. The number of allylic oxidation sites excluding steroid dienone is 1. The van der Waals surface area contributed by atoms with E-state index in [1.54, 1.807) is 24.5 Å². The van der Waals surface area contributed by atoms with Gasteiger partial charge >= 0.3 is 0 Å². The van der Waals surface area contributed by atoms with Gasteiger partial charge in [-0.05, 0) is 70.9 Å². The molecule has 0 bridgehead atoms. The van der Waals surface area contributed by atoms with Gasteiger partial charge in [0.15, 0.2) is 0 Å². The van der Waals surface area contributed by atoms with Crippen LogP contribution < -0.4 is 5.43 Å². The number of benzene rings is 1. The maximum absolute atomic E-state index is 10.5. The molecule has 7 nitrogen and oxygen atoms in total. The molecule has 162 valence electrons. The molecule has 0 radical (unpaired) electrons. The van der Waals surface area contributed by atoms with Gasteiger partial charge in [0.1, 0.15) is 11.6 Å². The number of piperidine rings is 1. The minimum Gasteiger partial charge on any atom is -0.507 e. The number of H-pyrrole nitrogens is 1. The van der Waals surface area contributed by atoms with Crippen molar-refractivity contribution in [3.05, 3.63) is 48.8 Å². The SMILES string of the molecule is C=CC.CC/C(=N\NC(C)=NC1CCN(C)CC1)c1ccc(-c2cn[nH]c2)cc1O. The summed E-state index contributed by atoms with van der Waals surface area (Å²) in [5.74, 6) is 1.02. The number of aliphatic imine (C=N–C) groups is 1. The zero-order valence-corrected chi connectivity index (χ0v) is 18.5. The highest BCUT2D eigenvalue weighted by Crippen LogP contribution is 2.27. The van der Waals surface area contributed by atoms with Crippen LogP contribution in [0.4, 0.5) is 0 Å². The Kier molecular flexibility index (Phi) is 9.28. The molecular weight excluding hydrogens is 376 g/mol. The lowest BCUT2D eigenvalue weighted by Crippen LogP contribution is -2.33. The average Bonchev–Trinajstić information content (AvgIpc) is 3.26.